The van der Waals surface area contributed by atoms with Crippen LogP contribution in [0.15, 0.2) is 36.5 Å². The van der Waals surface area contributed by atoms with Crippen LogP contribution in [0.25, 0.3) is 0 Å². The Morgan fingerprint density at radius 3 is 2.71 bits per heavy atom. The third kappa shape index (κ3) is 4.08. The number of benzene rings is 1. The van der Waals surface area contributed by atoms with E-state index in [0.717, 1.165) is 12.8 Å². The van der Waals surface area contributed by atoms with Gasteiger partial charge in [-0.2, -0.15) is 5.10 Å². The molecule has 5 heteroatoms. The zero-order chi connectivity index (χ0) is 15.2. The van der Waals surface area contributed by atoms with Crippen molar-refractivity contribution in [3.05, 3.63) is 47.8 Å². The van der Waals surface area contributed by atoms with Gasteiger partial charge in [-0.3, -0.25) is 9.48 Å². The molecule has 2 rings (SSSR count). The SMILES string of the molecule is CCn1cc(N)c(C(=O)NC(C)CCc2ccccc2)n1. The highest BCUT2D eigenvalue weighted by Crippen LogP contribution is 2.10. The third-order valence-corrected chi connectivity index (χ3v) is 3.42. The van der Waals surface area contributed by atoms with Crippen LogP contribution in [0, 0.1) is 0 Å². The standard InChI is InChI=1S/C16H22N4O/c1-3-20-11-14(17)15(19-20)16(21)18-12(2)9-10-13-7-5-4-6-8-13/h4-8,11-12H,3,9-10,17H2,1-2H3,(H,18,21). The number of hydrogen-bond acceptors (Lipinski definition) is 3. The summed E-state index contributed by atoms with van der Waals surface area (Å²) in [4.78, 5) is 12.1. The second-order valence-corrected chi connectivity index (χ2v) is 5.19. The molecule has 0 aliphatic heterocycles. The monoisotopic (exact) mass is 286 g/mol. The van der Waals surface area contributed by atoms with Gasteiger partial charge in [0.1, 0.15) is 0 Å². The predicted octanol–water partition coefficient (Wildman–Crippen LogP) is 2.24. The molecule has 5 nitrogen and oxygen atoms in total. The van der Waals surface area contributed by atoms with Crippen molar-refractivity contribution in [1.29, 1.82) is 0 Å². The molecule has 1 atom stereocenters. The van der Waals surface area contributed by atoms with Crippen molar-refractivity contribution < 1.29 is 4.79 Å². The van der Waals surface area contributed by atoms with Crippen LogP contribution in [0.1, 0.15) is 36.3 Å². The molecular weight excluding hydrogens is 264 g/mol. The Morgan fingerprint density at radius 1 is 1.38 bits per heavy atom. The summed E-state index contributed by atoms with van der Waals surface area (Å²) in [7, 11) is 0. The van der Waals surface area contributed by atoms with E-state index in [1.54, 1.807) is 10.9 Å². The molecule has 1 aromatic heterocycles. The zero-order valence-corrected chi connectivity index (χ0v) is 12.5. The maximum absolute atomic E-state index is 12.1. The summed E-state index contributed by atoms with van der Waals surface area (Å²) in [6, 6.07) is 10.3. The highest BCUT2D eigenvalue weighted by atomic mass is 16.2. The number of aromatic nitrogens is 2. The number of carbonyl (C=O) groups is 1. The molecule has 3 N–H and O–H groups in total. The van der Waals surface area contributed by atoms with E-state index in [-0.39, 0.29) is 11.9 Å². The van der Waals surface area contributed by atoms with Crippen molar-refractivity contribution >= 4 is 11.6 Å². The van der Waals surface area contributed by atoms with Gasteiger partial charge in [0.2, 0.25) is 0 Å². The topological polar surface area (TPSA) is 72.9 Å². The minimum absolute atomic E-state index is 0.0730. The summed E-state index contributed by atoms with van der Waals surface area (Å²) in [6.07, 6.45) is 3.49. The highest BCUT2D eigenvalue weighted by molar-refractivity contribution is 5.97. The predicted molar refractivity (Wildman–Crippen MR) is 84.0 cm³/mol. The highest BCUT2D eigenvalue weighted by Gasteiger charge is 2.16. The first-order valence-corrected chi connectivity index (χ1v) is 7.28. The van der Waals surface area contributed by atoms with Gasteiger partial charge in [-0.1, -0.05) is 30.3 Å². The van der Waals surface area contributed by atoms with Crippen LogP contribution in [0.4, 0.5) is 5.69 Å². The lowest BCUT2D eigenvalue weighted by Gasteiger charge is -2.13. The Balaban J connectivity index is 1.88. The van der Waals surface area contributed by atoms with Crippen molar-refractivity contribution in [2.75, 3.05) is 5.73 Å². The molecular formula is C16H22N4O. The number of anilines is 1. The quantitative estimate of drug-likeness (QED) is 0.855. The molecule has 0 fully saturated rings. The van der Waals surface area contributed by atoms with Crippen molar-refractivity contribution in [1.82, 2.24) is 15.1 Å². The average Bonchev–Trinajstić information content (AvgIpc) is 2.87. The first-order chi connectivity index (χ1) is 10.1. The van der Waals surface area contributed by atoms with E-state index in [2.05, 4.69) is 22.5 Å². The first kappa shape index (κ1) is 15.1. The van der Waals surface area contributed by atoms with Gasteiger partial charge in [0.25, 0.3) is 5.91 Å². The Bertz CT molecular complexity index is 592. The maximum Gasteiger partial charge on any atom is 0.274 e. The summed E-state index contributed by atoms with van der Waals surface area (Å²) in [5.74, 6) is -0.208. The van der Waals surface area contributed by atoms with Gasteiger partial charge in [0.15, 0.2) is 5.69 Å². The van der Waals surface area contributed by atoms with E-state index < -0.39 is 0 Å². The summed E-state index contributed by atoms with van der Waals surface area (Å²) in [5, 5.41) is 7.13. The van der Waals surface area contributed by atoms with Gasteiger partial charge in [-0.05, 0) is 32.3 Å². The molecule has 1 amide bonds. The third-order valence-electron chi connectivity index (χ3n) is 3.42. The lowest BCUT2D eigenvalue weighted by Crippen LogP contribution is -2.33. The molecule has 0 saturated carbocycles. The number of aryl methyl sites for hydroxylation is 2. The van der Waals surface area contributed by atoms with Gasteiger partial charge in [0.05, 0.1) is 5.69 Å². The molecule has 0 aliphatic rings. The molecule has 21 heavy (non-hydrogen) atoms. The molecule has 1 aromatic carbocycles. The van der Waals surface area contributed by atoms with Gasteiger partial charge >= 0.3 is 0 Å². The average molecular weight is 286 g/mol. The molecule has 1 unspecified atom stereocenters. The Kier molecular flexibility index (Phi) is 4.98. The van der Waals surface area contributed by atoms with E-state index in [1.807, 2.05) is 32.0 Å². The number of rotatable bonds is 6. The normalized spacial score (nSPS) is 12.1. The van der Waals surface area contributed by atoms with E-state index >= 15 is 0 Å². The van der Waals surface area contributed by atoms with Crippen molar-refractivity contribution in [2.24, 2.45) is 0 Å². The smallest absolute Gasteiger partial charge is 0.274 e. The molecule has 0 aliphatic carbocycles. The van der Waals surface area contributed by atoms with Crippen LogP contribution >= 0.6 is 0 Å². The second-order valence-electron chi connectivity index (χ2n) is 5.19. The molecule has 112 valence electrons. The van der Waals surface area contributed by atoms with Crippen molar-refractivity contribution in [2.45, 2.75) is 39.3 Å². The van der Waals surface area contributed by atoms with E-state index in [4.69, 9.17) is 5.73 Å². The van der Waals surface area contributed by atoms with Crippen LogP contribution in [0.5, 0.6) is 0 Å². The molecule has 2 aromatic rings. The van der Waals surface area contributed by atoms with E-state index in [0.29, 0.717) is 17.9 Å². The summed E-state index contributed by atoms with van der Waals surface area (Å²) < 4.78 is 1.67. The number of nitrogens with two attached hydrogens (primary N) is 1. The number of carbonyl (C=O) groups excluding carboxylic acids is 1. The molecule has 0 radical (unpaired) electrons. The van der Waals surface area contributed by atoms with Crippen LogP contribution in [-0.2, 0) is 13.0 Å². The van der Waals surface area contributed by atoms with Crippen molar-refractivity contribution in [3.63, 3.8) is 0 Å². The number of hydrogen-bond donors (Lipinski definition) is 2. The fourth-order valence-corrected chi connectivity index (χ4v) is 2.17. The number of nitrogens with zero attached hydrogens (tertiary/aromatic N) is 2. The fraction of sp³-hybridized carbons (Fsp3) is 0.375. The van der Waals surface area contributed by atoms with Gasteiger partial charge in [-0.25, -0.2) is 0 Å². The van der Waals surface area contributed by atoms with Crippen LogP contribution in [-0.4, -0.2) is 21.7 Å². The molecule has 0 saturated heterocycles. The second kappa shape index (κ2) is 6.92. The van der Waals surface area contributed by atoms with Crippen LogP contribution in [0.2, 0.25) is 0 Å². The van der Waals surface area contributed by atoms with Crippen LogP contribution < -0.4 is 11.1 Å². The van der Waals surface area contributed by atoms with Gasteiger partial charge in [0, 0.05) is 18.8 Å². The lowest BCUT2D eigenvalue weighted by atomic mass is 10.1. The minimum atomic E-state index is -0.208. The Hall–Kier alpha value is -2.30. The summed E-state index contributed by atoms with van der Waals surface area (Å²) in [6.45, 7) is 4.64. The van der Waals surface area contributed by atoms with Crippen molar-refractivity contribution in [3.8, 4) is 0 Å². The first-order valence-electron chi connectivity index (χ1n) is 7.28. The minimum Gasteiger partial charge on any atom is -0.396 e. The molecule has 0 spiro atoms. The lowest BCUT2D eigenvalue weighted by molar-refractivity contribution is 0.0933. The number of nitrogen functional groups attached to an aromatic ring is 1. The van der Waals surface area contributed by atoms with Crippen LogP contribution in [0.3, 0.4) is 0 Å². The fourth-order valence-electron chi connectivity index (χ4n) is 2.17. The zero-order valence-electron chi connectivity index (χ0n) is 12.5. The Morgan fingerprint density at radius 2 is 2.10 bits per heavy atom. The van der Waals surface area contributed by atoms with E-state index in [9.17, 15) is 4.79 Å². The number of amides is 1. The number of nitrogens with one attached hydrogen (secondary N) is 1. The van der Waals surface area contributed by atoms with Gasteiger partial charge in [-0.15, -0.1) is 0 Å². The molecule has 1 heterocycles. The van der Waals surface area contributed by atoms with Gasteiger partial charge < -0.3 is 11.1 Å². The maximum atomic E-state index is 12.1. The Labute approximate surface area is 125 Å². The summed E-state index contributed by atoms with van der Waals surface area (Å²) >= 11 is 0. The largest absolute Gasteiger partial charge is 0.396 e. The molecule has 0 bridgehead atoms. The van der Waals surface area contributed by atoms with E-state index in [1.165, 1.54) is 5.56 Å². The summed E-state index contributed by atoms with van der Waals surface area (Å²) in [5.41, 5.74) is 7.82.